The Bertz CT molecular complexity index is 1510. The Balaban J connectivity index is 1.72. The second kappa shape index (κ2) is 9.29. The topological polar surface area (TPSA) is 47.6 Å². The maximum atomic E-state index is 14.4. The van der Waals surface area contributed by atoms with Crippen LogP contribution in [0.4, 0.5) is 10.1 Å². The van der Waals surface area contributed by atoms with Crippen LogP contribution < -0.4 is 10.3 Å². The summed E-state index contributed by atoms with van der Waals surface area (Å²) in [5.74, 6) is 0.188. The molecule has 2 heterocycles. The highest BCUT2D eigenvalue weighted by Crippen LogP contribution is 2.32. The summed E-state index contributed by atoms with van der Waals surface area (Å²) in [4.78, 5) is 9.35. The number of ether oxygens (including phenoxy) is 1. The Morgan fingerprint density at radius 1 is 1.06 bits per heavy atom. The number of benzene rings is 3. The highest BCUT2D eigenvalue weighted by atomic mass is 79.9. The molecule has 0 aliphatic carbocycles. The van der Waals surface area contributed by atoms with Crippen molar-refractivity contribution in [2.75, 3.05) is 6.61 Å². The lowest BCUT2D eigenvalue weighted by Crippen LogP contribution is -2.06. The van der Waals surface area contributed by atoms with E-state index in [1.54, 1.807) is 18.2 Å². The van der Waals surface area contributed by atoms with Gasteiger partial charge in [0.15, 0.2) is 11.3 Å². The maximum Gasteiger partial charge on any atom is 0.230 e. The first-order valence-electron chi connectivity index (χ1n) is 10.3. The van der Waals surface area contributed by atoms with Crippen molar-refractivity contribution in [2.45, 2.75) is 6.92 Å². The Labute approximate surface area is 202 Å². The molecule has 2 aromatic heterocycles. The van der Waals surface area contributed by atoms with Gasteiger partial charge in [-0.15, -0.1) is 11.3 Å². The van der Waals surface area contributed by atoms with Crippen LogP contribution in [0.3, 0.4) is 0 Å². The Hall–Kier alpha value is -3.29. The van der Waals surface area contributed by atoms with Crippen LogP contribution in [0.1, 0.15) is 6.92 Å². The van der Waals surface area contributed by atoms with Crippen LogP contribution in [0.2, 0.25) is 0 Å². The van der Waals surface area contributed by atoms with Crippen LogP contribution in [0.25, 0.3) is 32.8 Å². The van der Waals surface area contributed by atoms with Crippen LogP contribution in [-0.4, -0.2) is 11.6 Å². The lowest BCUT2D eigenvalue weighted by Gasteiger charge is -2.08. The standard InChI is InChI=1S/C26H18BrFN2O2S/c1-2-31-23-9-5-6-17-14-19(25(32-24(17)23)29-21-8-4-3-7-20(21)28)26-30-22(15-33-26)16-10-12-18(27)13-11-16/h3-15H,2H2,1H3. The molecule has 0 saturated heterocycles. The second-order valence-electron chi connectivity index (χ2n) is 7.18. The summed E-state index contributed by atoms with van der Waals surface area (Å²) in [5, 5.41) is 3.58. The molecule has 0 aliphatic rings. The van der Waals surface area contributed by atoms with E-state index in [4.69, 9.17) is 14.1 Å². The molecule has 3 aromatic carbocycles. The minimum atomic E-state index is -0.425. The van der Waals surface area contributed by atoms with Gasteiger partial charge in [-0.1, -0.05) is 52.3 Å². The smallest absolute Gasteiger partial charge is 0.230 e. The van der Waals surface area contributed by atoms with E-state index >= 15 is 0 Å². The fourth-order valence-corrected chi connectivity index (χ4v) is 4.53. The number of hydrogen-bond acceptors (Lipinski definition) is 5. The number of aromatic nitrogens is 1. The fraction of sp³-hybridized carbons (Fsp3) is 0.0769. The van der Waals surface area contributed by atoms with E-state index in [9.17, 15) is 4.39 Å². The van der Waals surface area contributed by atoms with Gasteiger partial charge in [-0.25, -0.2) is 14.4 Å². The van der Waals surface area contributed by atoms with Crippen LogP contribution in [0.15, 0.2) is 92.1 Å². The number of nitrogens with zero attached hydrogens (tertiary/aromatic N) is 2. The average molecular weight is 521 g/mol. The van der Waals surface area contributed by atoms with Gasteiger partial charge in [0.2, 0.25) is 5.55 Å². The molecule has 0 aliphatic heterocycles. The minimum absolute atomic E-state index is 0.195. The summed E-state index contributed by atoms with van der Waals surface area (Å²) in [6, 6.07) is 22.0. The Kier molecular flexibility index (Phi) is 6.07. The first-order chi connectivity index (χ1) is 16.1. The number of rotatable bonds is 5. The van der Waals surface area contributed by atoms with E-state index in [1.165, 1.54) is 17.4 Å². The van der Waals surface area contributed by atoms with E-state index in [2.05, 4.69) is 20.9 Å². The van der Waals surface area contributed by atoms with Crippen molar-refractivity contribution >= 4 is 43.9 Å². The van der Waals surface area contributed by atoms with Crippen molar-refractivity contribution in [1.82, 2.24) is 4.98 Å². The Morgan fingerprint density at radius 3 is 2.67 bits per heavy atom. The second-order valence-corrected chi connectivity index (χ2v) is 8.95. The molecule has 5 aromatic rings. The maximum absolute atomic E-state index is 14.4. The zero-order valence-electron chi connectivity index (χ0n) is 17.6. The van der Waals surface area contributed by atoms with Crippen molar-refractivity contribution in [1.29, 1.82) is 0 Å². The molecule has 0 unspecified atom stereocenters. The van der Waals surface area contributed by atoms with Crippen LogP contribution in [0, 0.1) is 5.82 Å². The molecule has 0 atom stereocenters. The van der Waals surface area contributed by atoms with Crippen molar-refractivity contribution in [3.05, 3.63) is 94.0 Å². The van der Waals surface area contributed by atoms with Crippen LogP contribution >= 0.6 is 27.3 Å². The first-order valence-corrected chi connectivity index (χ1v) is 12.0. The van der Waals surface area contributed by atoms with Gasteiger partial charge in [-0.05, 0) is 43.3 Å². The van der Waals surface area contributed by atoms with Gasteiger partial charge in [0, 0.05) is 20.8 Å². The highest BCUT2D eigenvalue weighted by Gasteiger charge is 2.15. The number of fused-ring (bicyclic) bond motifs is 1. The SMILES string of the molecule is CCOc1cccc2cc(-c3nc(-c4ccc(Br)cc4)cs3)c(=Nc3ccccc3F)oc12. The molecule has 164 valence electrons. The molecule has 0 fully saturated rings. The van der Waals surface area contributed by atoms with Gasteiger partial charge in [-0.2, -0.15) is 0 Å². The molecule has 5 rings (SSSR count). The van der Waals surface area contributed by atoms with Gasteiger partial charge in [-0.3, -0.25) is 0 Å². The summed E-state index contributed by atoms with van der Waals surface area (Å²) in [6.45, 7) is 2.41. The number of para-hydroxylation sites is 2. The number of halogens is 2. The highest BCUT2D eigenvalue weighted by molar-refractivity contribution is 9.10. The number of thiazole rings is 1. The van der Waals surface area contributed by atoms with E-state index in [-0.39, 0.29) is 11.2 Å². The third kappa shape index (κ3) is 4.47. The molecule has 0 saturated carbocycles. The molecule has 0 spiro atoms. The van der Waals surface area contributed by atoms with Gasteiger partial charge in [0.1, 0.15) is 16.5 Å². The third-order valence-corrected chi connectivity index (χ3v) is 6.39. The Morgan fingerprint density at radius 2 is 1.88 bits per heavy atom. The molecule has 4 nitrogen and oxygen atoms in total. The zero-order chi connectivity index (χ0) is 22.8. The third-order valence-electron chi connectivity index (χ3n) is 4.99. The van der Waals surface area contributed by atoms with Gasteiger partial charge >= 0.3 is 0 Å². The summed E-state index contributed by atoms with van der Waals surface area (Å²) in [7, 11) is 0. The lowest BCUT2D eigenvalue weighted by atomic mass is 10.1. The van der Waals surface area contributed by atoms with E-state index < -0.39 is 5.82 Å². The molecular weight excluding hydrogens is 503 g/mol. The predicted octanol–water partition coefficient (Wildman–Crippen LogP) is 7.76. The number of hydrogen-bond donors (Lipinski definition) is 0. The molecule has 0 N–H and O–H groups in total. The molecule has 0 radical (unpaired) electrons. The first kappa shape index (κ1) is 21.6. The van der Waals surface area contributed by atoms with Gasteiger partial charge in [0.25, 0.3) is 0 Å². The van der Waals surface area contributed by atoms with E-state index in [0.717, 1.165) is 26.1 Å². The molecule has 33 heavy (non-hydrogen) atoms. The van der Waals surface area contributed by atoms with Gasteiger partial charge < -0.3 is 9.15 Å². The van der Waals surface area contributed by atoms with Gasteiger partial charge in [0.05, 0.1) is 17.9 Å². The summed E-state index contributed by atoms with van der Waals surface area (Å²) in [5.41, 5.74) is 3.57. The van der Waals surface area contributed by atoms with Crippen LogP contribution in [-0.2, 0) is 0 Å². The summed E-state index contributed by atoms with van der Waals surface area (Å²) >= 11 is 4.95. The van der Waals surface area contributed by atoms with E-state index in [1.807, 2.05) is 60.8 Å². The van der Waals surface area contributed by atoms with E-state index in [0.29, 0.717) is 23.5 Å². The normalized spacial score (nSPS) is 11.8. The molecule has 0 bridgehead atoms. The molecule has 0 amide bonds. The molecular formula is C26H18BrFN2O2S. The summed E-state index contributed by atoms with van der Waals surface area (Å²) in [6.07, 6.45) is 0. The van der Waals surface area contributed by atoms with Crippen molar-refractivity contribution in [2.24, 2.45) is 4.99 Å². The summed E-state index contributed by atoms with van der Waals surface area (Å²) < 4.78 is 27.4. The largest absolute Gasteiger partial charge is 0.490 e. The zero-order valence-corrected chi connectivity index (χ0v) is 20.0. The quantitative estimate of drug-likeness (QED) is 0.238. The van der Waals surface area contributed by atoms with Crippen molar-refractivity contribution < 1.29 is 13.5 Å². The van der Waals surface area contributed by atoms with Crippen LogP contribution in [0.5, 0.6) is 5.75 Å². The predicted molar refractivity (Wildman–Crippen MR) is 133 cm³/mol. The molecule has 7 heteroatoms. The average Bonchev–Trinajstić information content (AvgIpc) is 3.31. The van der Waals surface area contributed by atoms with Crippen molar-refractivity contribution in [3.8, 4) is 27.6 Å². The lowest BCUT2D eigenvalue weighted by molar-refractivity contribution is 0.337. The fourth-order valence-electron chi connectivity index (χ4n) is 3.43. The monoisotopic (exact) mass is 520 g/mol. The van der Waals surface area contributed by atoms with Crippen molar-refractivity contribution in [3.63, 3.8) is 0 Å². The minimum Gasteiger partial charge on any atom is -0.490 e.